The Morgan fingerprint density at radius 3 is 2.14 bits per heavy atom. The van der Waals surface area contributed by atoms with Crippen molar-refractivity contribution in [3.8, 4) is 11.5 Å². The molecule has 0 N–H and O–H groups in total. The first kappa shape index (κ1) is 15.8. The van der Waals surface area contributed by atoms with E-state index in [1.165, 1.54) is 31.4 Å². The molecule has 0 radical (unpaired) electrons. The SMILES string of the molecule is COc1ccc(OC(=O)c2c(F)cccc2C(F)(F)F)cc1. The van der Waals surface area contributed by atoms with Crippen LogP contribution in [0.4, 0.5) is 17.6 Å². The molecule has 2 rings (SSSR count). The van der Waals surface area contributed by atoms with E-state index in [2.05, 4.69) is 0 Å². The third-order valence-electron chi connectivity index (χ3n) is 2.79. The van der Waals surface area contributed by atoms with Crippen LogP contribution in [-0.2, 0) is 6.18 Å². The molecule has 0 bridgehead atoms. The predicted molar refractivity (Wildman–Crippen MR) is 69.4 cm³/mol. The number of hydrogen-bond acceptors (Lipinski definition) is 3. The molecular weight excluding hydrogens is 304 g/mol. The highest BCUT2D eigenvalue weighted by molar-refractivity contribution is 5.93. The lowest BCUT2D eigenvalue weighted by Gasteiger charge is -2.13. The Kier molecular flexibility index (Phi) is 4.35. The largest absolute Gasteiger partial charge is 0.497 e. The molecule has 0 fully saturated rings. The molecule has 0 heterocycles. The zero-order valence-corrected chi connectivity index (χ0v) is 11.3. The molecule has 0 aliphatic rings. The van der Waals surface area contributed by atoms with E-state index in [4.69, 9.17) is 9.47 Å². The molecule has 0 saturated heterocycles. The number of carbonyl (C=O) groups excluding carboxylic acids is 1. The van der Waals surface area contributed by atoms with Gasteiger partial charge in [-0.3, -0.25) is 0 Å². The van der Waals surface area contributed by atoms with Crippen LogP contribution in [0.25, 0.3) is 0 Å². The number of methoxy groups -OCH3 is 1. The molecule has 0 atom stereocenters. The summed E-state index contributed by atoms with van der Waals surface area (Å²) in [5, 5.41) is 0. The van der Waals surface area contributed by atoms with E-state index in [0.717, 1.165) is 12.1 Å². The summed E-state index contributed by atoms with van der Waals surface area (Å²) in [7, 11) is 1.43. The van der Waals surface area contributed by atoms with Crippen molar-refractivity contribution in [1.82, 2.24) is 0 Å². The van der Waals surface area contributed by atoms with E-state index in [9.17, 15) is 22.4 Å². The van der Waals surface area contributed by atoms with Crippen molar-refractivity contribution in [2.45, 2.75) is 6.18 Å². The molecule has 0 unspecified atom stereocenters. The van der Waals surface area contributed by atoms with Gasteiger partial charge in [-0.2, -0.15) is 13.2 Å². The smallest absolute Gasteiger partial charge is 0.417 e. The Morgan fingerprint density at radius 1 is 1.00 bits per heavy atom. The lowest BCUT2D eigenvalue weighted by molar-refractivity contribution is -0.138. The van der Waals surface area contributed by atoms with Crippen LogP contribution >= 0.6 is 0 Å². The molecule has 7 heteroatoms. The van der Waals surface area contributed by atoms with E-state index in [1.807, 2.05) is 0 Å². The zero-order valence-electron chi connectivity index (χ0n) is 11.3. The van der Waals surface area contributed by atoms with E-state index < -0.39 is 29.1 Å². The number of benzene rings is 2. The van der Waals surface area contributed by atoms with Gasteiger partial charge < -0.3 is 9.47 Å². The van der Waals surface area contributed by atoms with Crippen LogP contribution in [0.1, 0.15) is 15.9 Å². The standard InChI is InChI=1S/C15H10F4O3/c1-21-9-5-7-10(8-6-9)22-14(20)13-11(15(17,18)19)3-2-4-12(13)16/h2-8H,1H3. The molecule has 22 heavy (non-hydrogen) atoms. The topological polar surface area (TPSA) is 35.5 Å². The summed E-state index contributed by atoms with van der Waals surface area (Å²) in [6.45, 7) is 0. The fourth-order valence-electron chi connectivity index (χ4n) is 1.77. The number of esters is 1. The Hall–Kier alpha value is -2.57. The summed E-state index contributed by atoms with van der Waals surface area (Å²) in [5.41, 5.74) is -2.53. The van der Waals surface area contributed by atoms with Crippen molar-refractivity contribution < 1.29 is 31.8 Å². The maximum Gasteiger partial charge on any atom is 0.417 e. The first-order valence-corrected chi connectivity index (χ1v) is 6.05. The molecule has 116 valence electrons. The maximum atomic E-state index is 13.6. The average Bonchev–Trinajstić information content (AvgIpc) is 2.46. The third kappa shape index (κ3) is 3.36. The normalized spacial score (nSPS) is 11.1. The number of rotatable bonds is 3. The Bertz CT molecular complexity index is 678. The number of halogens is 4. The summed E-state index contributed by atoms with van der Waals surface area (Å²) >= 11 is 0. The van der Waals surface area contributed by atoms with Crippen LogP contribution in [-0.4, -0.2) is 13.1 Å². The third-order valence-corrected chi connectivity index (χ3v) is 2.79. The van der Waals surface area contributed by atoms with Gasteiger partial charge in [0.1, 0.15) is 22.9 Å². The first-order valence-electron chi connectivity index (χ1n) is 6.05. The maximum absolute atomic E-state index is 13.6. The molecule has 0 amide bonds. The van der Waals surface area contributed by atoms with Crippen molar-refractivity contribution in [3.05, 3.63) is 59.4 Å². The van der Waals surface area contributed by atoms with Gasteiger partial charge in [-0.05, 0) is 36.4 Å². The minimum absolute atomic E-state index is 0.0258. The summed E-state index contributed by atoms with van der Waals surface area (Å²) in [5.74, 6) is -2.27. The predicted octanol–water partition coefficient (Wildman–Crippen LogP) is 4.07. The van der Waals surface area contributed by atoms with Crippen LogP contribution < -0.4 is 9.47 Å². The van der Waals surface area contributed by atoms with Crippen LogP contribution in [0.15, 0.2) is 42.5 Å². The zero-order chi connectivity index (χ0) is 16.3. The molecule has 2 aromatic rings. The Morgan fingerprint density at radius 2 is 1.59 bits per heavy atom. The van der Waals surface area contributed by atoms with Crippen molar-refractivity contribution in [2.24, 2.45) is 0 Å². The highest BCUT2D eigenvalue weighted by Crippen LogP contribution is 2.33. The van der Waals surface area contributed by atoms with E-state index >= 15 is 0 Å². The number of carbonyl (C=O) groups is 1. The van der Waals surface area contributed by atoms with Gasteiger partial charge >= 0.3 is 12.1 Å². The first-order chi connectivity index (χ1) is 10.3. The van der Waals surface area contributed by atoms with Crippen molar-refractivity contribution in [2.75, 3.05) is 7.11 Å². The van der Waals surface area contributed by atoms with Gasteiger partial charge in [0, 0.05) is 0 Å². The molecule has 0 aliphatic carbocycles. The molecular formula is C15H10F4O3. The molecule has 0 aromatic heterocycles. The van der Waals surface area contributed by atoms with Crippen molar-refractivity contribution >= 4 is 5.97 Å². The van der Waals surface area contributed by atoms with Gasteiger partial charge in [-0.25, -0.2) is 9.18 Å². The van der Waals surface area contributed by atoms with Gasteiger partial charge in [-0.1, -0.05) is 6.07 Å². The summed E-state index contributed by atoms with van der Waals surface area (Å²) in [6, 6.07) is 7.81. The van der Waals surface area contributed by atoms with Crippen molar-refractivity contribution in [3.63, 3.8) is 0 Å². The molecule has 0 saturated carbocycles. The van der Waals surface area contributed by atoms with E-state index in [1.54, 1.807) is 0 Å². The number of alkyl halides is 3. The minimum Gasteiger partial charge on any atom is -0.497 e. The molecule has 0 spiro atoms. The minimum atomic E-state index is -4.86. The van der Waals surface area contributed by atoms with Crippen LogP contribution in [0, 0.1) is 5.82 Å². The number of ether oxygens (including phenoxy) is 2. The summed E-state index contributed by atoms with van der Waals surface area (Å²) < 4.78 is 61.8. The fraction of sp³-hybridized carbons (Fsp3) is 0.133. The second-order valence-corrected chi connectivity index (χ2v) is 4.23. The average molecular weight is 314 g/mol. The van der Waals surface area contributed by atoms with E-state index in [0.29, 0.717) is 11.8 Å². The lowest BCUT2D eigenvalue weighted by Crippen LogP contribution is -2.18. The van der Waals surface area contributed by atoms with Gasteiger partial charge in [-0.15, -0.1) is 0 Å². The van der Waals surface area contributed by atoms with E-state index in [-0.39, 0.29) is 5.75 Å². The Labute approximate surface area is 123 Å². The lowest BCUT2D eigenvalue weighted by atomic mass is 10.1. The quantitative estimate of drug-likeness (QED) is 0.487. The fourth-order valence-corrected chi connectivity index (χ4v) is 1.77. The second kappa shape index (κ2) is 6.05. The highest BCUT2D eigenvalue weighted by atomic mass is 19.4. The Balaban J connectivity index is 2.33. The van der Waals surface area contributed by atoms with Crippen molar-refractivity contribution in [1.29, 1.82) is 0 Å². The number of hydrogen-bond donors (Lipinski definition) is 0. The molecule has 0 aliphatic heterocycles. The highest BCUT2D eigenvalue weighted by Gasteiger charge is 2.37. The van der Waals surface area contributed by atoms with Crippen LogP contribution in [0.5, 0.6) is 11.5 Å². The van der Waals surface area contributed by atoms with Gasteiger partial charge in [0.25, 0.3) is 0 Å². The molecule has 2 aromatic carbocycles. The van der Waals surface area contributed by atoms with Gasteiger partial charge in [0.05, 0.1) is 12.7 Å². The summed E-state index contributed by atoms with van der Waals surface area (Å²) in [6.07, 6.45) is -4.86. The molecule has 3 nitrogen and oxygen atoms in total. The van der Waals surface area contributed by atoms with Gasteiger partial charge in [0.15, 0.2) is 0 Å². The second-order valence-electron chi connectivity index (χ2n) is 4.23. The monoisotopic (exact) mass is 314 g/mol. The van der Waals surface area contributed by atoms with Crippen LogP contribution in [0.3, 0.4) is 0 Å². The summed E-state index contributed by atoms with van der Waals surface area (Å²) in [4.78, 5) is 11.9. The van der Waals surface area contributed by atoms with Gasteiger partial charge in [0.2, 0.25) is 0 Å². The van der Waals surface area contributed by atoms with Crippen LogP contribution in [0.2, 0.25) is 0 Å².